The Morgan fingerprint density at radius 3 is 2.36 bits per heavy atom. The number of aliphatic hydroxyl groups is 2. The quantitative estimate of drug-likeness (QED) is 0.722. The first kappa shape index (κ1) is 11.2. The van der Waals surface area contributed by atoms with Crippen molar-refractivity contribution in [1.29, 1.82) is 0 Å². The molecule has 1 atom stereocenters. The molecule has 14 heavy (non-hydrogen) atoms. The molecule has 2 nitrogen and oxygen atoms in total. The number of rotatable bonds is 6. The molecule has 0 saturated heterocycles. The van der Waals surface area contributed by atoms with Gasteiger partial charge in [0.05, 0.1) is 0 Å². The van der Waals surface area contributed by atoms with Crippen molar-refractivity contribution in [3.8, 4) is 0 Å². The molecule has 0 aliphatic rings. The van der Waals surface area contributed by atoms with E-state index in [1.807, 2.05) is 18.2 Å². The molecular formula is C12H18O2. The fraction of sp³-hybridized carbons (Fsp3) is 0.500. The largest absolute Gasteiger partial charge is 0.396 e. The third-order valence-corrected chi connectivity index (χ3v) is 2.40. The van der Waals surface area contributed by atoms with Gasteiger partial charge in [-0.2, -0.15) is 0 Å². The lowest BCUT2D eigenvalue weighted by molar-refractivity contribution is 0.201. The first-order chi connectivity index (χ1) is 6.86. The van der Waals surface area contributed by atoms with Crippen molar-refractivity contribution < 1.29 is 10.2 Å². The van der Waals surface area contributed by atoms with E-state index in [2.05, 4.69) is 12.1 Å². The van der Waals surface area contributed by atoms with Gasteiger partial charge in [-0.05, 0) is 30.7 Å². The number of hydrogen-bond donors (Lipinski definition) is 2. The number of aliphatic hydroxyl groups excluding tert-OH is 2. The van der Waals surface area contributed by atoms with Crippen molar-refractivity contribution in [3.63, 3.8) is 0 Å². The summed E-state index contributed by atoms with van der Waals surface area (Å²) in [5.74, 6) is 0.282. The fourth-order valence-corrected chi connectivity index (χ4v) is 1.59. The van der Waals surface area contributed by atoms with Gasteiger partial charge >= 0.3 is 0 Å². The monoisotopic (exact) mass is 194 g/mol. The first-order valence-electron chi connectivity index (χ1n) is 5.12. The van der Waals surface area contributed by atoms with E-state index in [1.54, 1.807) is 0 Å². The molecule has 1 aromatic rings. The normalized spacial score (nSPS) is 12.7. The van der Waals surface area contributed by atoms with Gasteiger partial charge in [0.25, 0.3) is 0 Å². The third kappa shape index (κ3) is 3.90. The Labute approximate surface area is 85.2 Å². The van der Waals surface area contributed by atoms with E-state index in [4.69, 9.17) is 10.2 Å². The average molecular weight is 194 g/mol. The molecule has 0 radical (unpaired) electrons. The lowest BCUT2D eigenvalue weighted by Crippen LogP contribution is -2.10. The second-order valence-corrected chi connectivity index (χ2v) is 3.60. The summed E-state index contributed by atoms with van der Waals surface area (Å²) < 4.78 is 0. The summed E-state index contributed by atoms with van der Waals surface area (Å²) in [4.78, 5) is 0. The van der Waals surface area contributed by atoms with Crippen molar-refractivity contribution in [2.45, 2.75) is 19.3 Å². The smallest absolute Gasteiger partial charge is 0.0462 e. The summed E-state index contributed by atoms with van der Waals surface area (Å²) >= 11 is 0. The molecule has 0 spiro atoms. The molecule has 0 aliphatic heterocycles. The van der Waals surface area contributed by atoms with Crippen LogP contribution in [0.25, 0.3) is 0 Å². The summed E-state index contributed by atoms with van der Waals surface area (Å²) in [7, 11) is 0. The van der Waals surface area contributed by atoms with Gasteiger partial charge in [-0.3, -0.25) is 0 Å². The van der Waals surface area contributed by atoms with Crippen LogP contribution >= 0.6 is 0 Å². The second-order valence-electron chi connectivity index (χ2n) is 3.60. The molecule has 0 saturated carbocycles. The number of hydrogen-bond acceptors (Lipinski definition) is 2. The lowest BCUT2D eigenvalue weighted by atomic mass is 9.96. The van der Waals surface area contributed by atoms with Gasteiger partial charge in [0, 0.05) is 13.2 Å². The van der Waals surface area contributed by atoms with Crippen molar-refractivity contribution >= 4 is 0 Å². The standard InChI is InChI=1S/C12H18O2/c13-8-4-7-12(10-14)9-11-5-2-1-3-6-11/h1-3,5-6,12-14H,4,7-10H2/t12-/m0/s1. The van der Waals surface area contributed by atoms with Gasteiger partial charge in [0.15, 0.2) is 0 Å². The van der Waals surface area contributed by atoms with Crippen LogP contribution < -0.4 is 0 Å². The van der Waals surface area contributed by atoms with E-state index in [1.165, 1.54) is 5.56 Å². The zero-order valence-corrected chi connectivity index (χ0v) is 8.39. The molecule has 0 amide bonds. The summed E-state index contributed by atoms with van der Waals surface area (Å²) in [6.07, 6.45) is 2.57. The van der Waals surface area contributed by atoms with Gasteiger partial charge in [0.2, 0.25) is 0 Å². The SMILES string of the molecule is OCCC[C@H](CO)Cc1ccccc1. The van der Waals surface area contributed by atoms with Gasteiger partial charge in [-0.25, -0.2) is 0 Å². The predicted molar refractivity (Wildman–Crippen MR) is 57.0 cm³/mol. The Morgan fingerprint density at radius 1 is 1.07 bits per heavy atom. The molecule has 2 heteroatoms. The minimum absolute atomic E-state index is 0.203. The molecule has 0 unspecified atom stereocenters. The van der Waals surface area contributed by atoms with Crippen molar-refractivity contribution in [1.82, 2.24) is 0 Å². The highest BCUT2D eigenvalue weighted by atomic mass is 16.3. The van der Waals surface area contributed by atoms with E-state index in [0.717, 1.165) is 19.3 Å². The Kier molecular flexibility index (Phi) is 5.27. The maximum atomic E-state index is 9.13. The van der Waals surface area contributed by atoms with Crippen molar-refractivity contribution in [3.05, 3.63) is 35.9 Å². The Bertz CT molecular complexity index is 233. The van der Waals surface area contributed by atoms with Crippen LogP contribution in [0.1, 0.15) is 18.4 Å². The topological polar surface area (TPSA) is 40.5 Å². The maximum Gasteiger partial charge on any atom is 0.0462 e. The molecule has 0 aromatic heterocycles. The fourth-order valence-electron chi connectivity index (χ4n) is 1.59. The lowest BCUT2D eigenvalue weighted by Gasteiger charge is -2.12. The van der Waals surface area contributed by atoms with Crippen LogP contribution in [-0.4, -0.2) is 23.4 Å². The second kappa shape index (κ2) is 6.57. The highest BCUT2D eigenvalue weighted by Crippen LogP contribution is 2.13. The van der Waals surface area contributed by atoms with E-state index < -0.39 is 0 Å². The van der Waals surface area contributed by atoms with Gasteiger partial charge < -0.3 is 10.2 Å². The van der Waals surface area contributed by atoms with Gasteiger partial charge in [0.1, 0.15) is 0 Å². The molecule has 0 fully saturated rings. The van der Waals surface area contributed by atoms with E-state index in [9.17, 15) is 0 Å². The van der Waals surface area contributed by atoms with E-state index >= 15 is 0 Å². The minimum atomic E-state index is 0.203. The van der Waals surface area contributed by atoms with Crippen LogP contribution in [-0.2, 0) is 6.42 Å². The van der Waals surface area contributed by atoms with Gasteiger partial charge in [-0.1, -0.05) is 30.3 Å². The van der Waals surface area contributed by atoms with Crippen LogP contribution in [0, 0.1) is 5.92 Å². The summed E-state index contributed by atoms with van der Waals surface area (Å²) in [6.45, 7) is 0.417. The predicted octanol–water partition coefficient (Wildman–Crippen LogP) is 1.61. The van der Waals surface area contributed by atoms with Crippen LogP contribution in [0.15, 0.2) is 30.3 Å². The van der Waals surface area contributed by atoms with Crippen LogP contribution in [0.5, 0.6) is 0 Å². The Hall–Kier alpha value is -0.860. The highest BCUT2D eigenvalue weighted by molar-refractivity contribution is 5.15. The van der Waals surface area contributed by atoms with Crippen molar-refractivity contribution in [2.75, 3.05) is 13.2 Å². The Morgan fingerprint density at radius 2 is 1.79 bits per heavy atom. The summed E-state index contributed by atoms with van der Waals surface area (Å²) in [5.41, 5.74) is 1.25. The average Bonchev–Trinajstić information content (AvgIpc) is 2.25. The zero-order valence-electron chi connectivity index (χ0n) is 8.39. The van der Waals surface area contributed by atoms with Crippen molar-refractivity contribution in [2.24, 2.45) is 5.92 Å². The Balaban J connectivity index is 2.40. The minimum Gasteiger partial charge on any atom is -0.396 e. The van der Waals surface area contributed by atoms with E-state index in [-0.39, 0.29) is 19.1 Å². The zero-order chi connectivity index (χ0) is 10.2. The van der Waals surface area contributed by atoms with Crippen LogP contribution in [0.3, 0.4) is 0 Å². The molecule has 78 valence electrons. The molecular weight excluding hydrogens is 176 g/mol. The van der Waals surface area contributed by atoms with Crippen LogP contribution in [0.2, 0.25) is 0 Å². The summed E-state index contributed by atoms with van der Waals surface area (Å²) in [5, 5.41) is 17.8. The molecule has 1 rings (SSSR count). The number of benzene rings is 1. The summed E-state index contributed by atoms with van der Waals surface area (Å²) in [6, 6.07) is 10.2. The first-order valence-corrected chi connectivity index (χ1v) is 5.12. The molecule has 2 N–H and O–H groups in total. The molecule has 0 aliphatic carbocycles. The highest BCUT2D eigenvalue weighted by Gasteiger charge is 2.07. The third-order valence-electron chi connectivity index (χ3n) is 2.40. The van der Waals surface area contributed by atoms with Crippen LogP contribution in [0.4, 0.5) is 0 Å². The maximum absolute atomic E-state index is 9.13. The van der Waals surface area contributed by atoms with Gasteiger partial charge in [-0.15, -0.1) is 0 Å². The molecule has 0 heterocycles. The molecule has 0 bridgehead atoms. The molecule has 1 aromatic carbocycles. The van der Waals surface area contributed by atoms with E-state index in [0.29, 0.717) is 0 Å².